The van der Waals surface area contributed by atoms with Gasteiger partial charge in [0.05, 0.1) is 0 Å². The van der Waals surface area contributed by atoms with Gasteiger partial charge in [-0.15, -0.1) is 0 Å². The summed E-state index contributed by atoms with van der Waals surface area (Å²) in [5.41, 5.74) is 0. The summed E-state index contributed by atoms with van der Waals surface area (Å²) in [7, 11) is 0. The van der Waals surface area contributed by atoms with Gasteiger partial charge in [0.15, 0.2) is 0 Å². The van der Waals surface area contributed by atoms with Crippen LogP contribution in [0.2, 0.25) is 0 Å². The second kappa shape index (κ2) is 26.1. The minimum Gasteiger partial charge on any atom is 0 e. The van der Waals surface area contributed by atoms with Crippen molar-refractivity contribution in [3.63, 3.8) is 0 Å². The molecule has 0 aromatic heterocycles. The van der Waals surface area contributed by atoms with Crippen LogP contribution in [0.3, 0.4) is 0 Å². The molecule has 0 aromatic carbocycles. The molecule has 0 unspecified atom stereocenters. The second-order valence-corrected chi connectivity index (χ2v) is 0. The van der Waals surface area contributed by atoms with E-state index in [-0.39, 0.29) is 65.8 Å². The first-order valence-corrected chi connectivity index (χ1v) is 7.94. The molecule has 0 N–H and O–H groups in total. The van der Waals surface area contributed by atoms with E-state index in [2.05, 4.69) is 0 Å². The third-order valence-corrected chi connectivity index (χ3v) is 0. The van der Waals surface area contributed by atoms with Crippen LogP contribution in [0.4, 0.5) is 0 Å². The van der Waals surface area contributed by atoms with Gasteiger partial charge in [-0.25, -0.2) is 0 Å². The van der Waals surface area contributed by atoms with Crippen LogP contribution in [0.5, 0.6) is 0 Å². The van der Waals surface area contributed by atoms with Crippen LogP contribution < -0.4 is 0 Å². The van der Waals surface area contributed by atoms with Crippen molar-refractivity contribution in [3.05, 3.63) is 0 Å². The van der Waals surface area contributed by atoms with Crippen molar-refractivity contribution in [2.75, 3.05) is 0 Å². The Labute approximate surface area is 96.0 Å². The Morgan fingerprint density at radius 1 is 1.00 bits per heavy atom. The average Bonchev–Trinajstić information content (AvgIpc) is 1.00. The van der Waals surface area contributed by atoms with Gasteiger partial charge in [-0.3, -0.25) is 0 Å². The number of hydrogen-bond acceptors (Lipinski definition) is 0. The van der Waals surface area contributed by atoms with Gasteiger partial charge >= 0.3 is 32.2 Å². The Balaban J connectivity index is -0.00000000167. The van der Waals surface area contributed by atoms with E-state index in [1.165, 1.54) is 13.3 Å². The zero-order chi connectivity index (χ0) is 2.00. The predicted molar refractivity (Wildman–Crippen MR) is 8.54 cm³/mol. The third-order valence-electron chi connectivity index (χ3n) is 0. The second-order valence-electron chi connectivity index (χ2n) is 0. The quantitative estimate of drug-likeness (QED) is 0.508. The molecule has 0 atom stereocenters. The topological polar surface area (TPSA) is 0 Å². The molecule has 0 aliphatic rings. The molecule has 0 nitrogen and oxygen atoms in total. The molecule has 0 saturated carbocycles. The fourth-order valence-corrected chi connectivity index (χ4v) is 0. The summed E-state index contributed by atoms with van der Waals surface area (Å²) in [6.07, 6.45) is 0. The molecule has 0 aromatic rings. The molecule has 0 heterocycles. The van der Waals surface area contributed by atoms with Crippen LogP contribution in [0, 0.1) is 0 Å². The van der Waals surface area contributed by atoms with Gasteiger partial charge in [0, 0.05) is 65.8 Å². The summed E-state index contributed by atoms with van der Waals surface area (Å²) in [5.74, 6) is 0. The minimum absolute atomic E-state index is 0. The SMILES string of the molecule is [AlH2][Nb].[Nb].[Ti].[Ti]. The van der Waals surface area contributed by atoms with Crippen LogP contribution in [-0.4, -0.2) is 13.3 Å². The van der Waals surface area contributed by atoms with E-state index < -0.39 is 0 Å². The largest absolute Gasteiger partial charge is 0 e. The minimum atomic E-state index is 0. The van der Waals surface area contributed by atoms with Crippen molar-refractivity contribution in [2.24, 2.45) is 0 Å². The molecule has 5 heteroatoms. The summed E-state index contributed by atoms with van der Waals surface area (Å²) >= 11 is 3.24. The Kier molecular flexibility index (Phi) is 124. The average molecular weight is 311 g/mol. The molecule has 0 aliphatic heterocycles. The molecule has 0 bridgehead atoms. The maximum absolute atomic E-state index is 1.89. The van der Waals surface area contributed by atoms with E-state index >= 15 is 0 Å². The van der Waals surface area contributed by atoms with E-state index in [1.807, 2.05) is 18.8 Å². The Bertz CT molecular complexity index is 7.61. The molecule has 23 valence electrons. The van der Waals surface area contributed by atoms with Crippen LogP contribution in [0.25, 0.3) is 0 Å². The van der Waals surface area contributed by atoms with E-state index in [0.29, 0.717) is 0 Å². The molecule has 0 fully saturated rings. The van der Waals surface area contributed by atoms with Crippen LogP contribution in [0.1, 0.15) is 0 Å². The first-order valence-electron chi connectivity index (χ1n) is 0.447. The molecule has 1 radical (unpaired) electrons. The summed E-state index contributed by atoms with van der Waals surface area (Å²) in [6.45, 7) is 0. The van der Waals surface area contributed by atoms with E-state index in [0.717, 1.165) is 0 Å². The molecule has 0 aliphatic carbocycles. The molecule has 0 saturated heterocycles. The van der Waals surface area contributed by atoms with Crippen LogP contribution in [0.15, 0.2) is 0 Å². The summed E-state index contributed by atoms with van der Waals surface area (Å²) in [5, 5.41) is 0. The van der Waals surface area contributed by atoms with E-state index in [4.69, 9.17) is 0 Å². The summed E-state index contributed by atoms with van der Waals surface area (Å²) in [6, 6.07) is 0. The molecular weight excluding hydrogens is 309 g/mol. The van der Waals surface area contributed by atoms with Crippen molar-refractivity contribution in [1.82, 2.24) is 0 Å². The first kappa shape index (κ1) is 23.7. The van der Waals surface area contributed by atoms with Gasteiger partial charge in [-0.05, 0) is 0 Å². The monoisotopic (exact) mass is 311 g/mol. The Morgan fingerprint density at radius 2 is 1.00 bits per heavy atom. The fourth-order valence-electron chi connectivity index (χ4n) is 0. The summed E-state index contributed by atoms with van der Waals surface area (Å²) in [4.78, 5) is 0. The Hall–Kier alpha value is 3.44. The van der Waals surface area contributed by atoms with Gasteiger partial charge in [-0.1, -0.05) is 0 Å². The predicted octanol–water partition coefficient (Wildman–Crippen LogP) is -0.926. The maximum Gasteiger partial charge on any atom is 0 e. The zero-order valence-corrected chi connectivity index (χ0v) is 12.4. The van der Waals surface area contributed by atoms with Crippen molar-refractivity contribution >= 4 is 13.3 Å². The fraction of sp³-hybridized carbons (Fsp3) is 0. The standard InChI is InChI=1S/Al.2Nb.2Ti.2H. The van der Waals surface area contributed by atoms with Crippen molar-refractivity contribution < 1.29 is 84.7 Å². The Morgan fingerprint density at radius 3 is 1.00 bits per heavy atom. The molecular formula is H2AlNb2Ti2. The van der Waals surface area contributed by atoms with Crippen LogP contribution >= 0.6 is 0 Å². The van der Waals surface area contributed by atoms with Crippen molar-refractivity contribution in [2.45, 2.75) is 0 Å². The third kappa shape index (κ3) is 18.6. The van der Waals surface area contributed by atoms with Crippen molar-refractivity contribution in [1.29, 1.82) is 0 Å². The van der Waals surface area contributed by atoms with Gasteiger partial charge < -0.3 is 0 Å². The smallest absolute Gasteiger partial charge is 0 e. The normalized spacial score (nSPS) is 0.800. The first-order chi connectivity index (χ1) is 1.00. The van der Waals surface area contributed by atoms with E-state index in [9.17, 15) is 0 Å². The van der Waals surface area contributed by atoms with Crippen molar-refractivity contribution in [3.8, 4) is 0 Å². The van der Waals surface area contributed by atoms with Gasteiger partial charge in [0.1, 0.15) is 0 Å². The maximum atomic E-state index is 1.89. The van der Waals surface area contributed by atoms with E-state index in [1.54, 1.807) is 0 Å². The molecule has 0 amide bonds. The van der Waals surface area contributed by atoms with Gasteiger partial charge in [0.2, 0.25) is 0 Å². The molecule has 5 heavy (non-hydrogen) atoms. The molecule has 0 spiro atoms. The van der Waals surface area contributed by atoms with Crippen LogP contribution in [-0.2, 0) is 84.7 Å². The summed E-state index contributed by atoms with van der Waals surface area (Å²) < 4.78 is 0. The zero-order valence-electron chi connectivity index (χ0n) is 2.89. The number of rotatable bonds is 0. The number of hydrogen-bond donors (Lipinski definition) is 0. The van der Waals surface area contributed by atoms with Gasteiger partial charge in [0.25, 0.3) is 0 Å². The molecule has 0 rings (SSSR count). The van der Waals surface area contributed by atoms with Gasteiger partial charge in [-0.2, -0.15) is 0 Å².